The number of piperazine rings is 1. The van der Waals surface area contributed by atoms with Gasteiger partial charge in [-0.1, -0.05) is 0 Å². The van der Waals surface area contributed by atoms with Crippen molar-refractivity contribution in [3.05, 3.63) is 53.9 Å². The van der Waals surface area contributed by atoms with Gasteiger partial charge in [-0.2, -0.15) is 0 Å². The third-order valence-corrected chi connectivity index (χ3v) is 4.12. The molecule has 0 atom stereocenters. The Bertz CT molecular complexity index is 667. The number of rotatable bonds is 3. The molecule has 0 radical (unpaired) electrons. The molecule has 1 saturated heterocycles. The summed E-state index contributed by atoms with van der Waals surface area (Å²) in [6.45, 7) is 3.02. The molecule has 3 rings (SSSR count). The van der Waals surface area contributed by atoms with Crippen molar-refractivity contribution in [1.29, 1.82) is 0 Å². The van der Waals surface area contributed by atoms with Gasteiger partial charge >= 0.3 is 0 Å². The maximum absolute atomic E-state index is 12.5. The fourth-order valence-corrected chi connectivity index (χ4v) is 2.78. The number of aldehydes is 1. The lowest BCUT2D eigenvalue weighted by Crippen LogP contribution is -2.49. The zero-order chi connectivity index (χ0) is 15.5. The van der Waals surface area contributed by atoms with Gasteiger partial charge in [-0.25, -0.2) is 0 Å². The van der Waals surface area contributed by atoms with Gasteiger partial charge in [0.2, 0.25) is 0 Å². The smallest absolute Gasteiger partial charge is 0.270 e. The van der Waals surface area contributed by atoms with Gasteiger partial charge in [0, 0.05) is 50.7 Å². The van der Waals surface area contributed by atoms with Crippen molar-refractivity contribution in [3.63, 3.8) is 0 Å². The minimum absolute atomic E-state index is 0.0865. The van der Waals surface area contributed by atoms with E-state index in [4.69, 9.17) is 0 Å². The average Bonchev–Trinajstić information content (AvgIpc) is 3.00. The summed E-state index contributed by atoms with van der Waals surface area (Å²) in [5.41, 5.74) is 2.50. The number of benzene rings is 1. The van der Waals surface area contributed by atoms with Gasteiger partial charge in [0.05, 0.1) is 0 Å². The van der Waals surface area contributed by atoms with E-state index < -0.39 is 0 Å². The number of aromatic nitrogens is 1. The van der Waals surface area contributed by atoms with Crippen LogP contribution in [0.4, 0.5) is 5.69 Å². The summed E-state index contributed by atoms with van der Waals surface area (Å²) in [6, 6.07) is 11.3. The second-order valence-electron chi connectivity index (χ2n) is 5.49. The Kier molecular flexibility index (Phi) is 3.96. The van der Waals surface area contributed by atoms with Gasteiger partial charge in [0.25, 0.3) is 5.91 Å². The molecular formula is C17H19N3O2. The summed E-state index contributed by atoms with van der Waals surface area (Å²) in [7, 11) is 1.89. The van der Waals surface area contributed by atoms with Crippen molar-refractivity contribution in [1.82, 2.24) is 9.47 Å². The summed E-state index contributed by atoms with van der Waals surface area (Å²) in [6.07, 6.45) is 2.73. The van der Waals surface area contributed by atoms with E-state index in [1.165, 1.54) is 0 Å². The van der Waals surface area contributed by atoms with Crippen molar-refractivity contribution < 1.29 is 9.59 Å². The second-order valence-corrected chi connectivity index (χ2v) is 5.49. The van der Waals surface area contributed by atoms with E-state index in [9.17, 15) is 9.59 Å². The Morgan fingerprint density at radius 3 is 2.27 bits per heavy atom. The first-order chi connectivity index (χ1) is 10.7. The fourth-order valence-electron chi connectivity index (χ4n) is 2.78. The number of amides is 1. The maximum Gasteiger partial charge on any atom is 0.270 e. The summed E-state index contributed by atoms with van der Waals surface area (Å²) in [5.74, 6) is 0.0865. The van der Waals surface area contributed by atoms with E-state index in [1.54, 1.807) is 0 Å². The van der Waals surface area contributed by atoms with Gasteiger partial charge in [-0.3, -0.25) is 9.59 Å². The Morgan fingerprint density at radius 1 is 1.05 bits per heavy atom. The van der Waals surface area contributed by atoms with Crippen LogP contribution in [-0.4, -0.2) is 47.8 Å². The number of aryl methyl sites for hydroxylation is 1. The molecule has 5 nitrogen and oxygen atoms in total. The first-order valence-electron chi connectivity index (χ1n) is 7.40. The summed E-state index contributed by atoms with van der Waals surface area (Å²) < 4.78 is 1.85. The Morgan fingerprint density at radius 2 is 1.73 bits per heavy atom. The quantitative estimate of drug-likeness (QED) is 0.812. The number of carbonyl (C=O) groups is 2. The minimum atomic E-state index is 0.0865. The van der Waals surface area contributed by atoms with E-state index in [1.807, 2.05) is 59.1 Å². The van der Waals surface area contributed by atoms with Crippen LogP contribution in [0.1, 0.15) is 20.8 Å². The number of anilines is 1. The van der Waals surface area contributed by atoms with Gasteiger partial charge in [0.15, 0.2) is 0 Å². The molecule has 2 aromatic rings. The van der Waals surface area contributed by atoms with E-state index in [0.717, 1.165) is 30.8 Å². The third-order valence-electron chi connectivity index (χ3n) is 4.12. The van der Waals surface area contributed by atoms with Gasteiger partial charge in [-0.05, 0) is 36.4 Å². The molecule has 0 bridgehead atoms. The molecule has 1 aromatic carbocycles. The first-order valence-corrected chi connectivity index (χ1v) is 7.40. The lowest BCUT2D eigenvalue weighted by molar-refractivity contribution is 0.0737. The number of nitrogens with zero attached hydrogens (tertiary/aromatic N) is 3. The number of hydrogen-bond acceptors (Lipinski definition) is 3. The monoisotopic (exact) mass is 297 g/mol. The van der Waals surface area contributed by atoms with Crippen molar-refractivity contribution in [2.24, 2.45) is 7.05 Å². The van der Waals surface area contributed by atoms with Crippen LogP contribution < -0.4 is 4.90 Å². The van der Waals surface area contributed by atoms with E-state index in [-0.39, 0.29) is 5.91 Å². The molecule has 0 spiro atoms. The highest BCUT2D eigenvalue weighted by atomic mass is 16.2. The van der Waals surface area contributed by atoms with Crippen molar-refractivity contribution >= 4 is 17.9 Å². The zero-order valence-electron chi connectivity index (χ0n) is 12.6. The minimum Gasteiger partial charge on any atom is -0.368 e. The maximum atomic E-state index is 12.5. The molecule has 1 amide bonds. The summed E-state index contributed by atoms with van der Waals surface area (Å²) in [5, 5.41) is 0. The molecule has 5 heteroatoms. The fraction of sp³-hybridized carbons (Fsp3) is 0.294. The van der Waals surface area contributed by atoms with E-state index in [2.05, 4.69) is 4.90 Å². The van der Waals surface area contributed by atoms with Crippen LogP contribution in [-0.2, 0) is 7.05 Å². The first kappa shape index (κ1) is 14.4. The SMILES string of the molecule is Cn1cccc1C(=O)N1CCN(c2ccc(C=O)cc2)CC1. The molecule has 0 saturated carbocycles. The normalized spacial score (nSPS) is 15.0. The molecule has 1 fully saturated rings. The van der Waals surface area contributed by atoms with Crippen molar-refractivity contribution in [3.8, 4) is 0 Å². The highest BCUT2D eigenvalue weighted by molar-refractivity contribution is 5.93. The number of carbonyl (C=O) groups excluding carboxylic acids is 2. The number of hydrogen-bond donors (Lipinski definition) is 0. The Labute approximate surface area is 129 Å². The predicted octanol–water partition coefficient (Wildman–Crippen LogP) is 1.80. The molecule has 22 heavy (non-hydrogen) atoms. The van der Waals surface area contributed by atoms with E-state index >= 15 is 0 Å². The lowest BCUT2D eigenvalue weighted by Gasteiger charge is -2.36. The third kappa shape index (κ3) is 2.74. The van der Waals surface area contributed by atoms with Gasteiger partial charge < -0.3 is 14.4 Å². The molecule has 0 N–H and O–H groups in total. The largest absolute Gasteiger partial charge is 0.368 e. The lowest BCUT2D eigenvalue weighted by atomic mass is 10.2. The van der Waals surface area contributed by atoms with Crippen LogP contribution in [0.2, 0.25) is 0 Å². The second kappa shape index (κ2) is 6.05. The molecule has 0 aliphatic carbocycles. The van der Waals surface area contributed by atoms with Gasteiger partial charge in [-0.15, -0.1) is 0 Å². The highest BCUT2D eigenvalue weighted by Gasteiger charge is 2.23. The molecular weight excluding hydrogens is 278 g/mol. The van der Waals surface area contributed by atoms with Crippen LogP contribution in [0, 0.1) is 0 Å². The van der Waals surface area contributed by atoms with Crippen LogP contribution in [0.15, 0.2) is 42.6 Å². The molecule has 1 aliphatic rings. The van der Waals surface area contributed by atoms with Gasteiger partial charge in [0.1, 0.15) is 12.0 Å². The van der Waals surface area contributed by atoms with Crippen LogP contribution in [0.25, 0.3) is 0 Å². The molecule has 114 valence electrons. The topological polar surface area (TPSA) is 45.6 Å². The molecule has 1 aliphatic heterocycles. The van der Waals surface area contributed by atoms with Crippen LogP contribution in [0.3, 0.4) is 0 Å². The Balaban J connectivity index is 1.63. The average molecular weight is 297 g/mol. The highest BCUT2D eigenvalue weighted by Crippen LogP contribution is 2.18. The van der Waals surface area contributed by atoms with Crippen molar-refractivity contribution in [2.75, 3.05) is 31.1 Å². The molecule has 0 unspecified atom stereocenters. The van der Waals surface area contributed by atoms with Crippen LogP contribution in [0.5, 0.6) is 0 Å². The van der Waals surface area contributed by atoms with Crippen LogP contribution >= 0.6 is 0 Å². The summed E-state index contributed by atoms with van der Waals surface area (Å²) >= 11 is 0. The molecule has 2 heterocycles. The zero-order valence-corrected chi connectivity index (χ0v) is 12.6. The van der Waals surface area contributed by atoms with Crippen molar-refractivity contribution in [2.45, 2.75) is 0 Å². The van der Waals surface area contributed by atoms with E-state index in [0.29, 0.717) is 18.7 Å². The standard InChI is InChI=1S/C17H19N3O2/c1-18-8-2-3-16(18)17(22)20-11-9-19(10-12-20)15-6-4-14(13-21)5-7-15/h2-8,13H,9-12H2,1H3. The molecule has 1 aromatic heterocycles. The summed E-state index contributed by atoms with van der Waals surface area (Å²) in [4.78, 5) is 27.3. The predicted molar refractivity (Wildman–Crippen MR) is 85.4 cm³/mol. The Hall–Kier alpha value is -2.56.